The lowest BCUT2D eigenvalue weighted by Gasteiger charge is -2.32. The molecule has 5 heteroatoms. The quantitative estimate of drug-likeness (QED) is 0.665. The van der Waals surface area contributed by atoms with E-state index >= 15 is 0 Å². The molecular weight excluding hydrogens is 296 g/mol. The summed E-state index contributed by atoms with van der Waals surface area (Å²) in [6.45, 7) is 7.50. The maximum atomic E-state index is 11.8. The molecule has 0 bridgehead atoms. The van der Waals surface area contributed by atoms with Crippen molar-refractivity contribution in [2.45, 2.75) is 70.9 Å². The molecule has 1 rings (SSSR count). The largest absolute Gasteiger partial charge is 0.444 e. The Morgan fingerprint density at radius 3 is 2.64 bits per heavy atom. The summed E-state index contributed by atoms with van der Waals surface area (Å²) in [5.41, 5.74) is -0.425. The first-order valence-corrected chi connectivity index (χ1v) is 10.0. The molecule has 0 aromatic heterocycles. The first-order valence-electron chi connectivity index (χ1n) is 8.61. The monoisotopic (exact) mass is 330 g/mol. The smallest absolute Gasteiger partial charge is 0.407 e. The predicted octanol–water partition coefficient (Wildman–Crippen LogP) is 3.80. The number of unbranched alkanes of at least 4 members (excludes halogenated alkanes) is 1. The summed E-state index contributed by atoms with van der Waals surface area (Å²) in [7, 11) is 0. The molecule has 2 atom stereocenters. The molecule has 0 aliphatic heterocycles. The lowest BCUT2D eigenvalue weighted by atomic mass is 9.84. The summed E-state index contributed by atoms with van der Waals surface area (Å²) in [5.74, 6) is 1.78. The molecule has 0 aromatic carbocycles. The molecule has 2 unspecified atom stereocenters. The fourth-order valence-electron chi connectivity index (χ4n) is 2.91. The molecule has 1 aliphatic rings. The van der Waals surface area contributed by atoms with Crippen LogP contribution in [0.2, 0.25) is 0 Å². The van der Waals surface area contributed by atoms with Crippen molar-refractivity contribution < 1.29 is 9.53 Å². The van der Waals surface area contributed by atoms with E-state index in [1.54, 1.807) is 0 Å². The van der Waals surface area contributed by atoms with Crippen LogP contribution in [0.25, 0.3) is 0 Å². The fourth-order valence-corrected chi connectivity index (χ4v) is 3.40. The minimum atomic E-state index is -0.425. The highest BCUT2D eigenvalue weighted by Crippen LogP contribution is 2.24. The number of hydrogen-bond donors (Lipinski definition) is 2. The molecule has 22 heavy (non-hydrogen) atoms. The highest BCUT2D eigenvalue weighted by atomic mass is 32.2. The van der Waals surface area contributed by atoms with Crippen molar-refractivity contribution in [1.29, 1.82) is 0 Å². The Morgan fingerprint density at radius 2 is 1.95 bits per heavy atom. The van der Waals surface area contributed by atoms with Gasteiger partial charge in [0, 0.05) is 12.6 Å². The summed E-state index contributed by atoms with van der Waals surface area (Å²) in [6.07, 6.45) is 9.37. The molecule has 1 saturated carbocycles. The van der Waals surface area contributed by atoms with Gasteiger partial charge in [0.25, 0.3) is 0 Å². The number of nitrogens with one attached hydrogen (secondary N) is 2. The van der Waals surface area contributed by atoms with Gasteiger partial charge in [-0.15, -0.1) is 0 Å². The highest BCUT2D eigenvalue weighted by Gasteiger charge is 2.25. The SMILES string of the molecule is CSCCCCNC1CCCCC1CNC(=O)OC(C)(C)C. The van der Waals surface area contributed by atoms with Gasteiger partial charge in [-0.05, 0) is 70.9 Å². The zero-order chi connectivity index (χ0) is 16.4. The third-order valence-electron chi connectivity index (χ3n) is 4.00. The van der Waals surface area contributed by atoms with Crippen molar-refractivity contribution in [2.75, 3.05) is 25.1 Å². The van der Waals surface area contributed by atoms with Crippen LogP contribution < -0.4 is 10.6 Å². The Labute approximate surface area is 140 Å². The topological polar surface area (TPSA) is 50.4 Å². The number of hydrogen-bond acceptors (Lipinski definition) is 4. The van der Waals surface area contributed by atoms with E-state index in [1.165, 1.54) is 44.3 Å². The second kappa shape index (κ2) is 10.4. The van der Waals surface area contributed by atoms with E-state index in [-0.39, 0.29) is 6.09 Å². The standard InChI is InChI=1S/C17H34N2O2S/c1-17(2,3)21-16(20)19-13-14-9-5-6-10-15(14)18-11-7-8-12-22-4/h14-15,18H,5-13H2,1-4H3,(H,19,20). The van der Waals surface area contributed by atoms with Gasteiger partial charge in [0.1, 0.15) is 5.60 Å². The van der Waals surface area contributed by atoms with Crippen LogP contribution in [-0.2, 0) is 4.74 Å². The maximum Gasteiger partial charge on any atom is 0.407 e. The van der Waals surface area contributed by atoms with Crippen molar-refractivity contribution in [1.82, 2.24) is 10.6 Å². The van der Waals surface area contributed by atoms with Crippen molar-refractivity contribution >= 4 is 17.9 Å². The Hall–Kier alpha value is -0.420. The number of carbonyl (C=O) groups excluding carboxylic acids is 1. The number of alkyl carbamates (subject to hydrolysis) is 1. The second-order valence-electron chi connectivity index (χ2n) is 7.19. The third-order valence-corrected chi connectivity index (χ3v) is 4.70. The lowest BCUT2D eigenvalue weighted by Crippen LogP contribution is -2.45. The number of thioether (sulfide) groups is 1. The summed E-state index contributed by atoms with van der Waals surface area (Å²) in [4.78, 5) is 11.8. The number of ether oxygens (including phenoxy) is 1. The van der Waals surface area contributed by atoms with Crippen LogP contribution in [0.1, 0.15) is 59.3 Å². The third kappa shape index (κ3) is 8.89. The second-order valence-corrected chi connectivity index (χ2v) is 8.17. The normalized spacial score (nSPS) is 22.4. The highest BCUT2D eigenvalue weighted by molar-refractivity contribution is 7.98. The van der Waals surface area contributed by atoms with Crippen molar-refractivity contribution in [3.63, 3.8) is 0 Å². The van der Waals surface area contributed by atoms with Gasteiger partial charge in [0.15, 0.2) is 0 Å². The van der Waals surface area contributed by atoms with Crippen LogP contribution in [0.5, 0.6) is 0 Å². The molecule has 0 radical (unpaired) electrons. The molecule has 1 amide bonds. The molecule has 4 nitrogen and oxygen atoms in total. The average Bonchev–Trinajstić information content (AvgIpc) is 2.44. The van der Waals surface area contributed by atoms with Crippen LogP contribution in [0.3, 0.4) is 0 Å². The molecule has 0 saturated heterocycles. The summed E-state index contributed by atoms with van der Waals surface area (Å²) in [5, 5.41) is 6.65. The first-order chi connectivity index (χ1) is 10.4. The Kier molecular flexibility index (Phi) is 9.25. The van der Waals surface area contributed by atoms with Gasteiger partial charge < -0.3 is 15.4 Å². The molecule has 0 heterocycles. The number of rotatable bonds is 8. The van der Waals surface area contributed by atoms with Crippen LogP contribution in [0.4, 0.5) is 4.79 Å². The lowest BCUT2D eigenvalue weighted by molar-refractivity contribution is 0.0510. The number of amides is 1. The Morgan fingerprint density at radius 1 is 1.23 bits per heavy atom. The minimum absolute atomic E-state index is 0.295. The Bertz CT molecular complexity index is 318. The van der Waals surface area contributed by atoms with E-state index in [0.717, 1.165) is 13.1 Å². The van der Waals surface area contributed by atoms with E-state index in [9.17, 15) is 4.79 Å². The van der Waals surface area contributed by atoms with Gasteiger partial charge in [-0.25, -0.2) is 4.79 Å². The van der Waals surface area contributed by atoms with Crippen LogP contribution in [-0.4, -0.2) is 42.8 Å². The van der Waals surface area contributed by atoms with Crippen molar-refractivity contribution in [3.05, 3.63) is 0 Å². The van der Waals surface area contributed by atoms with E-state index in [0.29, 0.717) is 12.0 Å². The summed E-state index contributed by atoms with van der Waals surface area (Å²) < 4.78 is 5.32. The van der Waals surface area contributed by atoms with E-state index in [2.05, 4.69) is 16.9 Å². The molecule has 1 fully saturated rings. The molecule has 130 valence electrons. The van der Waals surface area contributed by atoms with Crippen molar-refractivity contribution in [3.8, 4) is 0 Å². The molecule has 2 N–H and O–H groups in total. The molecular formula is C17H34N2O2S. The predicted molar refractivity (Wildman–Crippen MR) is 95.6 cm³/mol. The summed E-state index contributed by atoms with van der Waals surface area (Å²) >= 11 is 1.91. The van der Waals surface area contributed by atoms with E-state index < -0.39 is 5.60 Å². The molecule has 0 spiro atoms. The fraction of sp³-hybridized carbons (Fsp3) is 0.941. The van der Waals surface area contributed by atoms with Crippen LogP contribution >= 0.6 is 11.8 Å². The average molecular weight is 331 g/mol. The van der Waals surface area contributed by atoms with Gasteiger partial charge >= 0.3 is 6.09 Å². The van der Waals surface area contributed by atoms with E-state index in [4.69, 9.17) is 4.74 Å². The number of carbonyl (C=O) groups is 1. The van der Waals surface area contributed by atoms with Gasteiger partial charge in [-0.1, -0.05) is 12.8 Å². The van der Waals surface area contributed by atoms with Gasteiger partial charge in [0.05, 0.1) is 0 Å². The molecule has 0 aromatic rings. The Balaban J connectivity index is 2.27. The first kappa shape index (κ1) is 19.6. The van der Waals surface area contributed by atoms with Crippen molar-refractivity contribution in [2.24, 2.45) is 5.92 Å². The van der Waals surface area contributed by atoms with Gasteiger partial charge in [-0.3, -0.25) is 0 Å². The van der Waals surface area contributed by atoms with E-state index in [1.807, 2.05) is 32.5 Å². The zero-order valence-electron chi connectivity index (χ0n) is 14.7. The van der Waals surface area contributed by atoms with Gasteiger partial charge in [-0.2, -0.15) is 11.8 Å². The summed E-state index contributed by atoms with van der Waals surface area (Å²) in [6, 6.07) is 0.540. The minimum Gasteiger partial charge on any atom is -0.444 e. The zero-order valence-corrected chi connectivity index (χ0v) is 15.6. The maximum absolute atomic E-state index is 11.8. The van der Waals surface area contributed by atoms with Crippen LogP contribution in [0, 0.1) is 5.92 Å². The van der Waals surface area contributed by atoms with Gasteiger partial charge in [0.2, 0.25) is 0 Å². The van der Waals surface area contributed by atoms with Crippen LogP contribution in [0.15, 0.2) is 0 Å². The molecule has 1 aliphatic carbocycles.